The first-order chi connectivity index (χ1) is 8.15. The first kappa shape index (κ1) is 13.7. The lowest BCUT2D eigenvalue weighted by Gasteiger charge is -2.11. The minimum atomic E-state index is -0.564. The molecule has 96 valence electrons. The molecule has 0 bridgehead atoms. The first-order valence-electron chi connectivity index (χ1n) is 5.74. The van der Waals surface area contributed by atoms with Gasteiger partial charge in [0, 0.05) is 32.2 Å². The maximum absolute atomic E-state index is 11.6. The fraction of sp³-hybridized carbons (Fsp3) is 0.583. The van der Waals surface area contributed by atoms with Gasteiger partial charge in [0.05, 0.1) is 6.10 Å². The summed E-state index contributed by atoms with van der Waals surface area (Å²) in [6.07, 6.45) is 2.03. The second-order valence-electron chi connectivity index (χ2n) is 3.93. The molecule has 1 aromatic heterocycles. The van der Waals surface area contributed by atoms with Crippen molar-refractivity contribution in [2.75, 3.05) is 20.3 Å². The Kier molecular flexibility index (Phi) is 5.72. The monoisotopic (exact) mass is 240 g/mol. The van der Waals surface area contributed by atoms with Crippen molar-refractivity contribution in [1.29, 1.82) is 0 Å². The summed E-state index contributed by atoms with van der Waals surface area (Å²) in [4.78, 5) is 11.6. The standard InChI is InChI=1S/C12H20N2O3/c1-10(15)11-5-3-7-14(11)9-12(16)13-6-4-8-17-2/h3,5,7,10,15H,4,6,8-9H2,1-2H3,(H,13,16). The summed E-state index contributed by atoms with van der Waals surface area (Å²) >= 11 is 0. The summed E-state index contributed by atoms with van der Waals surface area (Å²) in [5, 5.41) is 12.3. The second-order valence-corrected chi connectivity index (χ2v) is 3.93. The van der Waals surface area contributed by atoms with Gasteiger partial charge in [0.15, 0.2) is 0 Å². The van der Waals surface area contributed by atoms with Gasteiger partial charge in [-0.25, -0.2) is 0 Å². The number of nitrogens with one attached hydrogen (secondary N) is 1. The summed E-state index contributed by atoms with van der Waals surface area (Å²) in [7, 11) is 1.64. The molecule has 5 heteroatoms. The SMILES string of the molecule is COCCCNC(=O)Cn1cccc1C(C)O. The molecule has 5 nitrogen and oxygen atoms in total. The Morgan fingerprint density at radius 1 is 1.65 bits per heavy atom. The molecule has 0 saturated heterocycles. The molecule has 0 spiro atoms. The average Bonchev–Trinajstić information content (AvgIpc) is 2.72. The van der Waals surface area contributed by atoms with Crippen LogP contribution in [0.1, 0.15) is 25.1 Å². The van der Waals surface area contributed by atoms with Crippen LogP contribution in [0.25, 0.3) is 0 Å². The minimum absolute atomic E-state index is 0.0563. The van der Waals surface area contributed by atoms with E-state index in [2.05, 4.69) is 5.32 Å². The molecule has 1 unspecified atom stereocenters. The normalized spacial score (nSPS) is 12.4. The number of aliphatic hydroxyl groups excluding tert-OH is 1. The zero-order chi connectivity index (χ0) is 12.7. The van der Waals surface area contributed by atoms with Crippen molar-refractivity contribution in [2.45, 2.75) is 26.0 Å². The molecule has 1 aromatic rings. The highest BCUT2D eigenvalue weighted by atomic mass is 16.5. The molecule has 0 aromatic carbocycles. The highest BCUT2D eigenvalue weighted by molar-refractivity contribution is 5.75. The number of methoxy groups -OCH3 is 1. The van der Waals surface area contributed by atoms with E-state index in [1.54, 1.807) is 24.8 Å². The molecule has 17 heavy (non-hydrogen) atoms. The molecule has 0 radical (unpaired) electrons. The zero-order valence-electron chi connectivity index (χ0n) is 10.3. The number of rotatable bonds is 7. The molecular formula is C12H20N2O3. The second kappa shape index (κ2) is 7.09. The zero-order valence-corrected chi connectivity index (χ0v) is 10.3. The van der Waals surface area contributed by atoms with Gasteiger partial charge in [-0.05, 0) is 25.5 Å². The van der Waals surface area contributed by atoms with Gasteiger partial charge in [-0.3, -0.25) is 4.79 Å². The number of nitrogens with zero attached hydrogens (tertiary/aromatic N) is 1. The van der Waals surface area contributed by atoms with E-state index in [1.807, 2.05) is 12.1 Å². The van der Waals surface area contributed by atoms with Gasteiger partial charge in [0.25, 0.3) is 0 Å². The molecule has 0 aliphatic rings. The molecule has 1 rings (SSSR count). The third-order valence-corrected chi connectivity index (χ3v) is 2.45. The van der Waals surface area contributed by atoms with Crippen LogP contribution >= 0.6 is 0 Å². The number of carbonyl (C=O) groups excluding carboxylic acids is 1. The summed E-state index contributed by atoms with van der Waals surface area (Å²) < 4.78 is 6.64. The Balaban J connectivity index is 2.37. The highest BCUT2D eigenvalue weighted by Crippen LogP contribution is 2.12. The molecule has 1 heterocycles. The topological polar surface area (TPSA) is 63.5 Å². The predicted octanol–water partition coefficient (Wildman–Crippen LogP) is 0.694. The molecule has 0 aliphatic heterocycles. The van der Waals surface area contributed by atoms with Crippen molar-refractivity contribution < 1.29 is 14.6 Å². The third kappa shape index (κ3) is 4.58. The van der Waals surface area contributed by atoms with Crippen molar-refractivity contribution >= 4 is 5.91 Å². The van der Waals surface area contributed by atoms with E-state index >= 15 is 0 Å². The number of amides is 1. The number of ether oxygens (including phenoxy) is 1. The van der Waals surface area contributed by atoms with Gasteiger partial charge in [0.1, 0.15) is 6.54 Å². The highest BCUT2D eigenvalue weighted by Gasteiger charge is 2.09. The van der Waals surface area contributed by atoms with Crippen molar-refractivity contribution in [2.24, 2.45) is 0 Å². The molecule has 2 N–H and O–H groups in total. The lowest BCUT2D eigenvalue weighted by Crippen LogP contribution is -2.29. The molecule has 1 atom stereocenters. The molecule has 0 saturated carbocycles. The van der Waals surface area contributed by atoms with E-state index in [-0.39, 0.29) is 12.5 Å². The van der Waals surface area contributed by atoms with E-state index in [0.29, 0.717) is 13.2 Å². The summed E-state index contributed by atoms with van der Waals surface area (Å²) in [6.45, 7) is 3.17. The van der Waals surface area contributed by atoms with Crippen LogP contribution in [-0.2, 0) is 16.1 Å². The van der Waals surface area contributed by atoms with E-state index in [4.69, 9.17) is 4.74 Å². The van der Waals surface area contributed by atoms with E-state index in [0.717, 1.165) is 12.1 Å². The average molecular weight is 240 g/mol. The maximum Gasteiger partial charge on any atom is 0.239 e. The minimum Gasteiger partial charge on any atom is -0.387 e. The van der Waals surface area contributed by atoms with Crippen LogP contribution in [-0.4, -0.2) is 35.8 Å². The summed E-state index contributed by atoms with van der Waals surface area (Å²) in [6, 6.07) is 3.63. The molecule has 1 amide bonds. The quantitative estimate of drug-likeness (QED) is 0.689. The van der Waals surface area contributed by atoms with Crippen LogP contribution in [0.2, 0.25) is 0 Å². The van der Waals surface area contributed by atoms with Crippen LogP contribution in [0.15, 0.2) is 18.3 Å². The van der Waals surface area contributed by atoms with Crippen molar-refractivity contribution in [3.05, 3.63) is 24.0 Å². The van der Waals surface area contributed by atoms with E-state index in [9.17, 15) is 9.90 Å². The van der Waals surface area contributed by atoms with Crippen molar-refractivity contribution in [3.8, 4) is 0 Å². The Morgan fingerprint density at radius 3 is 3.06 bits per heavy atom. The van der Waals surface area contributed by atoms with Gasteiger partial charge in [-0.2, -0.15) is 0 Å². The van der Waals surface area contributed by atoms with Gasteiger partial charge >= 0.3 is 0 Å². The number of aromatic nitrogens is 1. The van der Waals surface area contributed by atoms with Crippen LogP contribution in [0, 0.1) is 0 Å². The van der Waals surface area contributed by atoms with Gasteiger partial charge in [-0.1, -0.05) is 0 Å². The maximum atomic E-state index is 11.6. The number of aliphatic hydroxyl groups is 1. The molecule has 0 aliphatic carbocycles. The number of hydrogen-bond donors (Lipinski definition) is 2. The predicted molar refractivity (Wildman–Crippen MR) is 64.6 cm³/mol. The van der Waals surface area contributed by atoms with Crippen LogP contribution in [0.3, 0.4) is 0 Å². The van der Waals surface area contributed by atoms with Gasteiger partial charge in [-0.15, -0.1) is 0 Å². The lowest BCUT2D eigenvalue weighted by molar-refractivity contribution is -0.121. The van der Waals surface area contributed by atoms with Crippen LogP contribution in [0.5, 0.6) is 0 Å². The Hall–Kier alpha value is -1.33. The Morgan fingerprint density at radius 2 is 2.41 bits per heavy atom. The summed E-state index contributed by atoms with van der Waals surface area (Å²) in [5.41, 5.74) is 0.747. The largest absolute Gasteiger partial charge is 0.387 e. The fourth-order valence-corrected chi connectivity index (χ4v) is 1.61. The number of hydrogen-bond acceptors (Lipinski definition) is 3. The third-order valence-electron chi connectivity index (χ3n) is 2.45. The Labute approximate surface area is 101 Å². The smallest absolute Gasteiger partial charge is 0.239 e. The van der Waals surface area contributed by atoms with Gasteiger partial charge in [0.2, 0.25) is 5.91 Å². The Bertz CT molecular complexity index is 347. The van der Waals surface area contributed by atoms with Crippen molar-refractivity contribution in [1.82, 2.24) is 9.88 Å². The van der Waals surface area contributed by atoms with E-state index in [1.165, 1.54) is 0 Å². The molecule has 0 fully saturated rings. The summed E-state index contributed by atoms with van der Waals surface area (Å²) in [5.74, 6) is -0.0563. The lowest BCUT2D eigenvalue weighted by atomic mass is 10.3. The molecular weight excluding hydrogens is 220 g/mol. The fourth-order valence-electron chi connectivity index (χ4n) is 1.61. The van der Waals surface area contributed by atoms with E-state index < -0.39 is 6.10 Å². The van der Waals surface area contributed by atoms with Gasteiger partial charge < -0.3 is 19.7 Å². The van der Waals surface area contributed by atoms with Crippen LogP contribution < -0.4 is 5.32 Å². The van der Waals surface area contributed by atoms with Crippen molar-refractivity contribution in [3.63, 3.8) is 0 Å². The van der Waals surface area contributed by atoms with Crippen LogP contribution in [0.4, 0.5) is 0 Å². The first-order valence-corrected chi connectivity index (χ1v) is 5.74. The number of carbonyl (C=O) groups is 1.